The lowest BCUT2D eigenvalue weighted by Crippen LogP contribution is -2.33. The Kier molecular flexibility index (Phi) is 6.42. The van der Waals surface area contributed by atoms with E-state index in [4.69, 9.17) is 17.0 Å². The monoisotopic (exact) mass is 369 g/mol. The first kappa shape index (κ1) is 20.8. The zero-order valence-corrected chi connectivity index (χ0v) is 16.1. The molecule has 0 spiro atoms. The lowest BCUT2D eigenvalue weighted by atomic mass is 9.84. The molecule has 1 rings (SSSR count). The van der Waals surface area contributed by atoms with Crippen molar-refractivity contribution in [3.63, 3.8) is 0 Å². The molecule has 8 nitrogen and oxygen atoms in total. The highest BCUT2D eigenvalue weighted by Gasteiger charge is 2.35. The van der Waals surface area contributed by atoms with Crippen LogP contribution in [0.2, 0.25) is 0 Å². The van der Waals surface area contributed by atoms with E-state index in [0.29, 0.717) is 18.7 Å². The molecule has 0 atom stereocenters. The van der Waals surface area contributed by atoms with Gasteiger partial charge in [-0.25, -0.2) is 0 Å². The second-order valence-corrected chi connectivity index (χ2v) is 6.90. The highest BCUT2D eigenvalue weighted by molar-refractivity contribution is 7.80. The predicted molar refractivity (Wildman–Crippen MR) is 99.3 cm³/mol. The molecule has 0 N–H and O–H groups in total. The van der Waals surface area contributed by atoms with Crippen LogP contribution < -0.4 is 4.74 Å². The van der Waals surface area contributed by atoms with Crippen molar-refractivity contribution in [1.82, 2.24) is 4.90 Å². The van der Waals surface area contributed by atoms with Crippen molar-refractivity contribution < 1.29 is 14.6 Å². The minimum absolute atomic E-state index is 0.0301. The summed E-state index contributed by atoms with van der Waals surface area (Å²) in [6.45, 7) is 11.7. The van der Waals surface area contributed by atoms with Crippen LogP contribution in [0.5, 0.6) is 5.75 Å². The molecule has 0 fully saturated rings. The Morgan fingerprint density at radius 2 is 1.72 bits per heavy atom. The fraction of sp³-hybridized carbons (Fsp3) is 0.562. The van der Waals surface area contributed by atoms with E-state index in [1.807, 2.05) is 13.8 Å². The average Bonchev–Trinajstić information content (AvgIpc) is 2.46. The Morgan fingerprint density at radius 3 is 2.08 bits per heavy atom. The molecule has 0 aromatic heterocycles. The fourth-order valence-corrected chi connectivity index (χ4v) is 2.77. The Hall–Kier alpha value is -2.29. The van der Waals surface area contributed by atoms with E-state index in [9.17, 15) is 20.2 Å². The summed E-state index contributed by atoms with van der Waals surface area (Å²) in [7, 11) is 0. The molecule has 1 aromatic carbocycles. The maximum absolute atomic E-state index is 11.6. The summed E-state index contributed by atoms with van der Waals surface area (Å²) in [4.78, 5) is 23.4. The molecule has 0 amide bonds. The third kappa shape index (κ3) is 4.41. The Balaban J connectivity index is 3.73. The molecule has 0 heterocycles. The molecule has 138 valence electrons. The van der Waals surface area contributed by atoms with Crippen LogP contribution in [0.25, 0.3) is 0 Å². The van der Waals surface area contributed by atoms with Gasteiger partial charge in [-0.1, -0.05) is 20.8 Å². The van der Waals surface area contributed by atoms with Gasteiger partial charge in [0, 0.05) is 24.7 Å². The van der Waals surface area contributed by atoms with Crippen molar-refractivity contribution >= 4 is 28.8 Å². The summed E-state index contributed by atoms with van der Waals surface area (Å²) in [6, 6.07) is 1.34. The molecule has 1 aromatic rings. The summed E-state index contributed by atoms with van der Waals surface area (Å²) in [5, 5.41) is 23.1. The van der Waals surface area contributed by atoms with Gasteiger partial charge in [0.05, 0.1) is 9.85 Å². The van der Waals surface area contributed by atoms with E-state index < -0.39 is 20.9 Å². The zero-order chi connectivity index (χ0) is 19.5. The van der Waals surface area contributed by atoms with E-state index >= 15 is 0 Å². The van der Waals surface area contributed by atoms with Gasteiger partial charge in [0.25, 0.3) is 10.9 Å². The normalized spacial score (nSPS) is 11.1. The van der Waals surface area contributed by atoms with Crippen molar-refractivity contribution in [1.29, 1.82) is 0 Å². The molecule has 0 aliphatic heterocycles. The van der Waals surface area contributed by atoms with Gasteiger partial charge in [-0.3, -0.25) is 20.2 Å². The first-order chi connectivity index (χ1) is 11.4. The summed E-state index contributed by atoms with van der Waals surface area (Å²) < 4.78 is 5.72. The van der Waals surface area contributed by atoms with E-state index in [2.05, 4.69) is 0 Å². The maximum atomic E-state index is 11.6. The summed E-state index contributed by atoms with van der Waals surface area (Å²) >= 11 is 5.26. The minimum atomic E-state index is -0.655. The van der Waals surface area contributed by atoms with E-state index in [-0.39, 0.29) is 22.2 Å². The van der Waals surface area contributed by atoms with E-state index in [1.54, 1.807) is 25.7 Å². The zero-order valence-electron chi connectivity index (χ0n) is 15.3. The van der Waals surface area contributed by atoms with Gasteiger partial charge >= 0.3 is 5.69 Å². The van der Waals surface area contributed by atoms with Gasteiger partial charge in [-0.15, -0.1) is 0 Å². The molecular weight excluding hydrogens is 346 g/mol. The number of nitrogens with zero attached hydrogens (tertiary/aromatic N) is 3. The van der Waals surface area contributed by atoms with Crippen LogP contribution >= 0.6 is 12.2 Å². The summed E-state index contributed by atoms with van der Waals surface area (Å²) in [5.74, 6) is -0.0301. The highest BCUT2D eigenvalue weighted by Crippen LogP contribution is 2.44. The number of nitro groups is 2. The number of nitro benzene ring substituents is 2. The first-order valence-corrected chi connectivity index (χ1v) is 8.30. The molecular formula is C16H23N3O5S. The molecule has 0 bridgehead atoms. The van der Waals surface area contributed by atoms with Crippen LogP contribution in [0.3, 0.4) is 0 Å². The van der Waals surface area contributed by atoms with Crippen LogP contribution in [0, 0.1) is 27.2 Å². The van der Waals surface area contributed by atoms with Crippen molar-refractivity contribution in [2.24, 2.45) is 0 Å². The minimum Gasteiger partial charge on any atom is -0.424 e. The SMILES string of the molecule is CCN(CC)C(=S)Oc1c(C(C)(C)C)cc([N+](=O)[O-])c(C)c1[N+](=O)[O-]. The fourth-order valence-electron chi connectivity index (χ4n) is 2.43. The summed E-state index contributed by atoms with van der Waals surface area (Å²) in [5.41, 5.74) is -1.03. The van der Waals surface area contributed by atoms with Crippen molar-refractivity contribution in [3.8, 4) is 5.75 Å². The van der Waals surface area contributed by atoms with Crippen molar-refractivity contribution in [2.45, 2.75) is 47.0 Å². The smallest absolute Gasteiger partial charge is 0.321 e. The number of benzene rings is 1. The van der Waals surface area contributed by atoms with E-state index in [0.717, 1.165) is 0 Å². The number of thiocarbonyl (C=S) groups is 1. The van der Waals surface area contributed by atoms with Crippen molar-refractivity contribution in [2.75, 3.05) is 13.1 Å². The third-order valence-corrected chi connectivity index (χ3v) is 4.22. The first-order valence-electron chi connectivity index (χ1n) is 7.89. The van der Waals surface area contributed by atoms with Gasteiger partial charge in [0.2, 0.25) is 5.75 Å². The highest BCUT2D eigenvalue weighted by atomic mass is 32.1. The second-order valence-electron chi connectivity index (χ2n) is 6.55. The van der Waals surface area contributed by atoms with E-state index in [1.165, 1.54) is 13.0 Å². The number of hydrogen-bond acceptors (Lipinski definition) is 6. The number of hydrogen-bond donors (Lipinski definition) is 0. The summed E-state index contributed by atoms with van der Waals surface area (Å²) in [6.07, 6.45) is 0. The predicted octanol–water partition coefficient (Wildman–Crippen LogP) is 4.11. The van der Waals surface area contributed by atoms with Gasteiger partial charge in [-0.2, -0.15) is 0 Å². The second kappa shape index (κ2) is 7.73. The van der Waals surface area contributed by atoms with Crippen LogP contribution in [0.1, 0.15) is 45.7 Å². The van der Waals surface area contributed by atoms with Gasteiger partial charge < -0.3 is 9.64 Å². The van der Waals surface area contributed by atoms with Gasteiger partial charge in [0.1, 0.15) is 5.56 Å². The third-order valence-electron chi connectivity index (χ3n) is 3.88. The Labute approximate surface area is 152 Å². The van der Waals surface area contributed by atoms with Crippen LogP contribution in [0.4, 0.5) is 11.4 Å². The molecule has 0 radical (unpaired) electrons. The molecule has 0 unspecified atom stereocenters. The lowest BCUT2D eigenvalue weighted by molar-refractivity contribution is -0.395. The molecule has 0 saturated heterocycles. The molecule has 25 heavy (non-hydrogen) atoms. The van der Waals surface area contributed by atoms with Gasteiger partial charge in [-0.05, 0) is 38.4 Å². The number of ether oxygens (including phenoxy) is 1. The topological polar surface area (TPSA) is 98.8 Å². The molecule has 9 heteroatoms. The van der Waals surface area contributed by atoms with Crippen LogP contribution in [-0.4, -0.2) is 33.0 Å². The quantitative estimate of drug-likeness (QED) is 0.437. The average molecular weight is 369 g/mol. The van der Waals surface area contributed by atoms with Crippen LogP contribution in [-0.2, 0) is 5.41 Å². The largest absolute Gasteiger partial charge is 0.424 e. The number of rotatable bonds is 5. The van der Waals surface area contributed by atoms with Crippen molar-refractivity contribution in [3.05, 3.63) is 37.4 Å². The van der Waals surface area contributed by atoms with Gasteiger partial charge in [0.15, 0.2) is 0 Å². The van der Waals surface area contributed by atoms with Crippen LogP contribution in [0.15, 0.2) is 6.07 Å². The standard InChI is InChI=1S/C16H23N3O5S/c1-7-17(8-2)15(25)24-14-11(16(4,5)6)9-12(18(20)21)10(3)13(14)19(22)23/h9H,7-8H2,1-6H3. The maximum Gasteiger partial charge on any atom is 0.321 e. The Bertz CT molecular complexity index is 709. The lowest BCUT2D eigenvalue weighted by Gasteiger charge is -2.26. The molecule has 0 saturated carbocycles. The molecule has 0 aliphatic rings. The Morgan fingerprint density at radius 1 is 1.20 bits per heavy atom. The molecule has 0 aliphatic carbocycles.